The molecule has 2 heterocycles. The summed E-state index contributed by atoms with van der Waals surface area (Å²) < 4.78 is 0. The molecule has 0 aliphatic carbocycles. The van der Waals surface area contributed by atoms with Crippen molar-refractivity contribution in [1.82, 2.24) is 74.0 Å². The third kappa shape index (κ3) is 43.7. The highest BCUT2D eigenvalue weighted by Crippen LogP contribution is 2.27. The Morgan fingerprint density at radius 1 is 0.420 bits per heavy atom. The predicted octanol–water partition coefficient (Wildman–Crippen LogP) is -7.13. The number of urea groups is 1. The SMILES string of the molecule is NCCCC[C@@H]1NC(=O)[C@H](CCCN=C(N)N)NC(=O)[C@H](Cc2ccc(O)cc2)NC(=O)[C@@H](NC(=O)[C@H](Cc2ccc3ccccc3c2)NC(=O)[C@H](CCCN=C(N)N)NC(=O)[C@@H](N)CCCN=C(N)N)CSSC[C@@H](C(=O)N[C@@H](CCCN=C(N)N)C(=O)O)NC(=O)[C@H](CCCNC(N)=O)NC(=O)[C@H](CCCN=C(N)N)NC(=O)[C@H](Cc2ccc(O)cc2)NC(=O)[C@@H]2CCCN2C(=O)[C@@H](CCCCN)NC1=O. The van der Waals surface area contributed by atoms with E-state index in [0.29, 0.717) is 29.4 Å². The van der Waals surface area contributed by atoms with E-state index in [1.54, 1.807) is 36.4 Å². The Hall–Kier alpha value is -14.5. The number of benzene rings is 4. The molecule has 0 unspecified atom stereocenters. The van der Waals surface area contributed by atoms with Crippen molar-refractivity contribution in [3.05, 3.63) is 108 Å². The van der Waals surface area contributed by atoms with E-state index in [-0.39, 0.29) is 228 Å². The molecule has 786 valence electrons. The van der Waals surface area contributed by atoms with Crippen LogP contribution in [0.15, 0.2) is 116 Å². The molecule has 4 aromatic rings. The number of unbranched alkanes of at least 4 members (excludes halogenated alkanes) is 2. The van der Waals surface area contributed by atoms with E-state index in [1.165, 1.54) is 53.4 Å². The lowest BCUT2D eigenvalue weighted by Crippen LogP contribution is -2.61. The van der Waals surface area contributed by atoms with Gasteiger partial charge in [0.2, 0.25) is 76.8 Å². The van der Waals surface area contributed by atoms with Crippen molar-refractivity contribution >= 4 is 151 Å². The van der Waals surface area contributed by atoms with Crippen molar-refractivity contribution in [1.29, 1.82) is 0 Å². The van der Waals surface area contributed by atoms with E-state index in [1.807, 2.05) is 6.07 Å². The first-order chi connectivity index (χ1) is 68.2. The number of guanidine groups is 5. The number of carboxylic acids is 1. The number of nitrogens with one attached hydrogen (secondary N) is 13. The molecule has 0 aromatic heterocycles. The number of amides is 15. The molecule has 0 saturated carbocycles. The number of nitrogens with two attached hydrogens (primary N) is 14. The fourth-order valence-electron chi connectivity index (χ4n) is 15.4. The molecule has 0 spiro atoms. The van der Waals surface area contributed by atoms with Gasteiger partial charge in [0.1, 0.15) is 90.0 Å². The predicted molar refractivity (Wildman–Crippen MR) is 542 cm³/mol. The second kappa shape index (κ2) is 62.6. The van der Waals surface area contributed by atoms with Crippen LogP contribution < -0.4 is 149 Å². The van der Waals surface area contributed by atoms with Crippen LogP contribution in [-0.2, 0) is 86.4 Å². The Morgan fingerprint density at radius 3 is 1.32 bits per heavy atom. The van der Waals surface area contributed by atoms with Gasteiger partial charge in [0, 0.05) is 76.6 Å². The normalized spacial score (nSPS) is 20.2. The number of aliphatic imine (C=N–C) groups is 5. The van der Waals surface area contributed by atoms with Gasteiger partial charge in [0.05, 0.1) is 6.04 Å². The minimum absolute atomic E-state index is 0.0167. The molecule has 44 N–H and O–H groups in total. The first-order valence-electron chi connectivity index (χ1n) is 47.1. The molecule has 6 rings (SSSR count). The zero-order valence-electron chi connectivity index (χ0n) is 79.8. The van der Waals surface area contributed by atoms with Crippen LogP contribution in [0.4, 0.5) is 4.79 Å². The lowest BCUT2D eigenvalue weighted by Gasteiger charge is -2.31. The summed E-state index contributed by atoms with van der Waals surface area (Å²) in [7, 11) is 1.48. The largest absolute Gasteiger partial charge is 0.508 e. The second-order valence-corrected chi connectivity index (χ2v) is 36.9. The number of phenolic OH excluding ortho intramolecular Hbond substituents is 2. The first kappa shape index (κ1) is 117. The van der Waals surface area contributed by atoms with Crippen LogP contribution in [0.25, 0.3) is 10.8 Å². The number of carboxylic acid groups (broad SMARTS) is 1. The van der Waals surface area contributed by atoms with Crippen LogP contribution in [0.5, 0.6) is 11.5 Å². The number of hydrogen-bond acceptors (Lipinski definition) is 27. The summed E-state index contributed by atoms with van der Waals surface area (Å²) in [6.07, 6.45) is -1.39. The quantitative estimate of drug-likeness (QED) is 0.00846. The van der Waals surface area contributed by atoms with Crippen molar-refractivity contribution in [3.63, 3.8) is 0 Å². The van der Waals surface area contributed by atoms with Crippen molar-refractivity contribution in [2.75, 3.05) is 70.4 Å². The Kier molecular flexibility index (Phi) is 51.4. The van der Waals surface area contributed by atoms with Gasteiger partial charge < -0.3 is 170 Å². The minimum Gasteiger partial charge on any atom is -0.508 e. The highest BCUT2D eigenvalue weighted by atomic mass is 33.1. The maximum atomic E-state index is 16.0. The van der Waals surface area contributed by atoms with E-state index >= 15 is 57.5 Å². The Bertz CT molecular complexity index is 5040. The standard InChI is InChI=1S/C90H141N33O18S2/c91-35-5-3-17-58-74(129)116-63(18-4-6-36-92)83(138)123-43-13-24-70(123)82(137)120-66(46-51-28-33-56(125)34-29-51)78(133)115-61(21-10-40-108-88(100)101)73(128)113-62(22-11-42-110-90(104)141)76(131)121-68(80(135)117-64(84(139)140)23-12-41-109-89(102)103)48-142-143-49-69(81(136)119-65(45-50-26-31-55(124)32-27-50)77(132)114-60(72(127)112-58)20-9-39-107-87(98)99)122-79(134)67(47-52-25-30-53-14-1-2-15-54(53)44-52)118-75(130)59(19-8-38-106-86(96)97)111-71(126)57(93)16-7-37-105-85(94)95/h1-2,14-15,25-34,44,57-70,124-125H,3-13,16-24,35-43,45-49,91-93H2,(H,111,126)(H,112,127)(H,113,128)(H,114,132)(H,115,133)(H,116,129)(H,117,135)(H,118,130)(H,119,136)(H,120,137)(H,121,131)(H,122,134)(H,139,140)(H4,94,95,105)(H4,96,97,106)(H4,98,99,107)(H4,100,101,108)(H4,102,103,109)(H3,104,110,141)/t57-,58-,59-,60-,61-,62-,63+,64-,65-,66-,67-,68-,69-,70-/m0/s1. The topological polar surface area (TPSA) is 902 Å². The highest BCUT2D eigenvalue weighted by Gasteiger charge is 2.43. The lowest BCUT2D eigenvalue weighted by atomic mass is 10.00. The molecule has 14 atom stereocenters. The van der Waals surface area contributed by atoms with Gasteiger partial charge in [-0.05, 0) is 193 Å². The fraction of sp³-hybridized carbons (Fsp3) is 0.533. The molecule has 2 fully saturated rings. The molecule has 0 radical (unpaired) electrons. The highest BCUT2D eigenvalue weighted by molar-refractivity contribution is 8.76. The number of carbonyl (C=O) groups excluding carboxylic acids is 14. The molecule has 2 aliphatic heterocycles. The summed E-state index contributed by atoms with van der Waals surface area (Å²) in [5.41, 5.74) is 81.4. The van der Waals surface area contributed by atoms with Crippen LogP contribution in [0.3, 0.4) is 0 Å². The maximum Gasteiger partial charge on any atom is 0.326 e. The zero-order valence-corrected chi connectivity index (χ0v) is 81.5. The molecule has 15 amide bonds. The molecule has 53 heteroatoms. The van der Waals surface area contributed by atoms with Gasteiger partial charge in [0.15, 0.2) is 29.8 Å². The molecule has 2 saturated heterocycles. The Balaban J connectivity index is 1.62. The van der Waals surface area contributed by atoms with Crippen molar-refractivity contribution in [3.8, 4) is 11.5 Å². The number of rotatable bonds is 47. The Morgan fingerprint density at radius 2 is 0.832 bits per heavy atom. The van der Waals surface area contributed by atoms with Gasteiger partial charge in [-0.25, -0.2) is 9.59 Å². The van der Waals surface area contributed by atoms with Gasteiger partial charge in [0.25, 0.3) is 0 Å². The van der Waals surface area contributed by atoms with E-state index in [4.69, 9.17) is 80.3 Å². The summed E-state index contributed by atoms with van der Waals surface area (Å²) in [4.78, 5) is 246. The number of aliphatic carboxylic acids is 1. The van der Waals surface area contributed by atoms with E-state index < -0.39 is 198 Å². The van der Waals surface area contributed by atoms with Crippen LogP contribution in [-0.4, -0.2) is 294 Å². The number of primary amides is 1. The number of carbonyl (C=O) groups is 15. The van der Waals surface area contributed by atoms with E-state index in [9.17, 15) is 29.7 Å². The second-order valence-electron chi connectivity index (χ2n) is 34.3. The van der Waals surface area contributed by atoms with Crippen molar-refractivity contribution in [2.24, 2.45) is 105 Å². The zero-order chi connectivity index (χ0) is 105. The van der Waals surface area contributed by atoms with E-state index in [2.05, 4.69) is 94.1 Å². The molecule has 2 aliphatic rings. The number of nitrogens with zero attached hydrogens (tertiary/aromatic N) is 6. The third-order valence-electron chi connectivity index (χ3n) is 22.9. The Labute approximate surface area is 835 Å². The summed E-state index contributed by atoms with van der Waals surface area (Å²) in [5.74, 6) is -17.7. The van der Waals surface area contributed by atoms with Crippen LogP contribution in [0, 0.1) is 0 Å². The minimum atomic E-state index is -1.90. The van der Waals surface area contributed by atoms with Gasteiger partial charge in [-0.3, -0.25) is 87.3 Å². The van der Waals surface area contributed by atoms with Crippen LogP contribution in [0.2, 0.25) is 0 Å². The fourth-order valence-corrected chi connectivity index (χ4v) is 17.7. The van der Waals surface area contributed by atoms with E-state index in [0.717, 1.165) is 27.0 Å². The molecule has 4 aromatic carbocycles. The summed E-state index contributed by atoms with van der Waals surface area (Å²) in [6, 6.07) is -0.333. The molecule has 143 heavy (non-hydrogen) atoms. The van der Waals surface area contributed by atoms with Gasteiger partial charge >= 0.3 is 12.0 Å². The molecule has 51 nitrogen and oxygen atoms in total. The summed E-state index contributed by atoms with van der Waals surface area (Å²) in [5, 5.41) is 67.9. The van der Waals surface area contributed by atoms with Gasteiger partial charge in [-0.2, -0.15) is 0 Å². The smallest absolute Gasteiger partial charge is 0.326 e. The van der Waals surface area contributed by atoms with Crippen LogP contribution >= 0.6 is 21.6 Å². The average Bonchev–Trinajstić information content (AvgIpc) is 1.72. The van der Waals surface area contributed by atoms with Gasteiger partial charge in [-0.15, -0.1) is 0 Å². The van der Waals surface area contributed by atoms with Crippen molar-refractivity contribution in [2.45, 2.75) is 232 Å². The third-order valence-corrected chi connectivity index (χ3v) is 25.3. The van der Waals surface area contributed by atoms with Crippen LogP contribution in [0.1, 0.15) is 145 Å². The monoisotopic (exact) mass is 2040 g/mol. The molecular formula is C90H141N33O18S2. The van der Waals surface area contributed by atoms with Gasteiger partial charge in [-0.1, -0.05) is 88.3 Å². The lowest BCUT2D eigenvalue weighted by molar-refractivity contribution is -0.142. The maximum absolute atomic E-state index is 16.0. The number of phenols is 2. The summed E-state index contributed by atoms with van der Waals surface area (Å²) in [6.45, 7) is -0.321. The molecule has 0 bridgehead atoms. The number of aromatic hydroxyl groups is 2. The molecular weight excluding hydrogens is 1900 g/mol. The number of fused-ring (bicyclic) bond motifs is 2. The van der Waals surface area contributed by atoms with Crippen molar-refractivity contribution < 1.29 is 87.2 Å². The number of hydrogen-bond donors (Lipinski definition) is 30. The average molecular weight is 2040 g/mol. The summed E-state index contributed by atoms with van der Waals surface area (Å²) >= 11 is 0. The first-order valence-corrected chi connectivity index (χ1v) is 49.6.